The summed E-state index contributed by atoms with van der Waals surface area (Å²) in [6.07, 6.45) is 58.4. The molecule has 3 N–H and O–H groups in total. The number of carbonyl (C=O) groups is 4. The van der Waals surface area contributed by atoms with E-state index in [2.05, 4.69) is 55.4 Å². The van der Waals surface area contributed by atoms with Crippen LogP contribution in [0.3, 0.4) is 0 Å². The first kappa shape index (κ1) is 99.1. The summed E-state index contributed by atoms with van der Waals surface area (Å²) >= 11 is 0. The number of unbranched alkanes of at least 4 members (excludes halogenated alkanes) is 43. The average molecular weight is 1480 g/mol. The highest BCUT2D eigenvalue weighted by molar-refractivity contribution is 7.47. The van der Waals surface area contributed by atoms with E-state index in [0.29, 0.717) is 31.6 Å². The van der Waals surface area contributed by atoms with Gasteiger partial charge in [0.25, 0.3) is 0 Å². The molecule has 0 amide bonds. The van der Waals surface area contributed by atoms with Gasteiger partial charge in [-0.1, -0.05) is 370 Å². The number of aliphatic hydroxyl groups excluding tert-OH is 1. The molecule has 0 aromatic rings. The number of aliphatic hydroxyl groups is 1. The van der Waals surface area contributed by atoms with Gasteiger partial charge in [-0.05, 0) is 49.4 Å². The third kappa shape index (κ3) is 73.4. The van der Waals surface area contributed by atoms with Gasteiger partial charge in [0.05, 0.1) is 26.4 Å². The number of hydrogen-bond acceptors (Lipinski definition) is 15. The molecule has 7 atom stereocenters. The molecule has 0 spiro atoms. The van der Waals surface area contributed by atoms with E-state index in [9.17, 15) is 43.2 Å². The van der Waals surface area contributed by atoms with Gasteiger partial charge in [0.15, 0.2) is 12.2 Å². The third-order valence-corrected chi connectivity index (χ3v) is 21.7. The van der Waals surface area contributed by atoms with Crippen LogP contribution in [0.2, 0.25) is 0 Å². The Hall–Kier alpha value is -1.94. The molecule has 0 rings (SSSR count). The highest BCUT2D eigenvalue weighted by Crippen LogP contribution is 2.45. The molecule has 0 aromatic carbocycles. The molecule has 0 aliphatic rings. The Bertz CT molecular complexity index is 1980. The number of phosphoric acid groups is 2. The number of phosphoric ester groups is 2. The van der Waals surface area contributed by atoms with Crippen LogP contribution in [0.15, 0.2) is 0 Å². The average Bonchev–Trinajstić information content (AvgIpc) is 0.917. The number of esters is 4. The molecule has 0 aromatic heterocycles. The van der Waals surface area contributed by atoms with Crippen molar-refractivity contribution in [3.05, 3.63) is 0 Å². The quantitative estimate of drug-likeness (QED) is 0.0222. The lowest BCUT2D eigenvalue weighted by molar-refractivity contribution is -0.161. The van der Waals surface area contributed by atoms with Crippen LogP contribution in [0.1, 0.15) is 421 Å². The zero-order chi connectivity index (χ0) is 74.6. The van der Waals surface area contributed by atoms with Gasteiger partial charge in [-0.3, -0.25) is 37.3 Å². The van der Waals surface area contributed by atoms with Gasteiger partial charge in [-0.25, -0.2) is 9.13 Å². The second-order valence-electron chi connectivity index (χ2n) is 31.0. The predicted molar refractivity (Wildman–Crippen MR) is 414 cm³/mol. The van der Waals surface area contributed by atoms with Crippen LogP contribution in [0, 0.1) is 23.7 Å². The van der Waals surface area contributed by atoms with Crippen LogP contribution in [0.4, 0.5) is 0 Å². The maximum Gasteiger partial charge on any atom is 0.472 e. The van der Waals surface area contributed by atoms with Crippen LogP contribution in [0.5, 0.6) is 0 Å². The molecule has 5 unspecified atom stereocenters. The van der Waals surface area contributed by atoms with Crippen molar-refractivity contribution in [3.63, 3.8) is 0 Å². The molecule has 17 nitrogen and oxygen atoms in total. The number of carbonyl (C=O) groups excluding carboxylic acids is 4. The molecule has 600 valence electrons. The Labute approximate surface area is 619 Å². The summed E-state index contributed by atoms with van der Waals surface area (Å²) in [6, 6.07) is 0. The van der Waals surface area contributed by atoms with Gasteiger partial charge in [0.1, 0.15) is 19.3 Å². The number of ether oxygens (including phenoxy) is 4. The standard InChI is InChI=1S/C82H160O17P2/c1-9-74(7)60-52-44-36-28-24-20-15-13-11-12-14-16-21-25-29-38-46-54-62-79(84)92-68-77(99-82(87)65-57-49-40-32-31-37-45-53-61-75(8)10-2)70-96-100(88,89)94-66-76(83)67-95-101(90,91)97-71-78(69-93-80(85)63-55-47-41-33-35-43-51-59-73(5)6)98-81(86)64-56-48-39-30-26-22-18-17-19-23-27-34-42-50-58-72(3)4/h72-78,83H,9-71H2,1-8H3,(H,88,89)(H,90,91)/t74?,75?,76?,77-,78-/m1/s1. The Morgan fingerprint density at radius 1 is 0.277 bits per heavy atom. The lowest BCUT2D eigenvalue weighted by Crippen LogP contribution is -2.30. The van der Waals surface area contributed by atoms with E-state index in [1.165, 1.54) is 218 Å². The zero-order valence-electron chi connectivity index (χ0n) is 66.5. The van der Waals surface area contributed by atoms with E-state index in [1.54, 1.807) is 0 Å². The van der Waals surface area contributed by atoms with Crippen LogP contribution in [-0.4, -0.2) is 96.7 Å². The SMILES string of the molecule is CCC(C)CCCCCCCCCCCCCCCCCCCCC(=O)OC[C@H](COP(=O)(O)OCC(O)COP(=O)(O)OC[C@@H](COC(=O)CCCCCCCCCC(C)C)OC(=O)CCCCCCCCCCCCCCCCC(C)C)OC(=O)CCCCCCCCCCC(C)CC. The van der Waals surface area contributed by atoms with Gasteiger partial charge >= 0.3 is 39.5 Å². The summed E-state index contributed by atoms with van der Waals surface area (Å²) in [7, 11) is -9.92. The first-order valence-electron chi connectivity index (χ1n) is 42.3. The van der Waals surface area contributed by atoms with Crippen molar-refractivity contribution in [2.24, 2.45) is 23.7 Å². The van der Waals surface area contributed by atoms with E-state index in [4.69, 9.17) is 37.0 Å². The maximum absolute atomic E-state index is 13.1. The predicted octanol–water partition coefficient (Wildman–Crippen LogP) is 24.4. The summed E-state index contributed by atoms with van der Waals surface area (Å²) in [5, 5.41) is 10.6. The Morgan fingerprint density at radius 2 is 0.475 bits per heavy atom. The second kappa shape index (κ2) is 71.0. The van der Waals surface area contributed by atoms with E-state index in [0.717, 1.165) is 114 Å². The topological polar surface area (TPSA) is 237 Å². The van der Waals surface area contributed by atoms with Crippen molar-refractivity contribution in [1.29, 1.82) is 0 Å². The Kier molecular flexibility index (Phi) is 69.6. The molecule has 0 aliphatic carbocycles. The van der Waals surface area contributed by atoms with Crippen molar-refractivity contribution in [2.45, 2.75) is 440 Å². The summed E-state index contributed by atoms with van der Waals surface area (Å²) in [5.41, 5.74) is 0. The Balaban J connectivity index is 5.17. The molecule has 0 fully saturated rings. The van der Waals surface area contributed by atoms with Crippen molar-refractivity contribution in [3.8, 4) is 0 Å². The van der Waals surface area contributed by atoms with E-state index in [1.807, 2.05) is 0 Å². The summed E-state index contributed by atoms with van der Waals surface area (Å²) in [6.45, 7) is 14.3. The fourth-order valence-corrected chi connectivity index (χ4v) is 14.1. The van der Waals surface area contributed by atoms with Crippen molar-refractivity contribution >= 4 is 39.5 Å². The van der Waals surface area contributed by atoms with Gasteiger partial charge in [0, 0.05) is 25.7 Å². The van der Waals surface area contributed by atoms with Crippen LogP contribution in [0.25, 0.3) is 0 Å². The minimum Gasteiger partial charge on any atom is -0.462 e. The van der Waals surface area contributed by atoms with Crippen molar-refractivity contribution in [1.82, 2.24) is 0 Å². The first-order valence-corrected chi connectivity index (χ1v) is 45.3. The first-order chi connectivity index (χ1) is 48.7. The van der Waals surface area contributed by atoms with Crippen LogP contribution in [-0.2, 0) is 65.4 Å². The van der Waals surface area contributed by atoms with Crippen molar-refractivity contribution in [2.75, 3.05) is 39.6 Å². The lowest BCUT2D eigenvalue weighted by atomic mass is 9.99. The second-order valence-corrected chi connectivity index (χ2v) is 33.9. The van der Waals surface area contributed by atoms with Crippen LogP contribution >= 0.6 is 15.6 Å². The number of rotatable bonds is 79. The molecule has 0 aliphatic heterocycles. The van der Waals surface area contributed by atoms with Gasteiger partial charge in [0.2, 0.25) is 0 Å². The third-order valence-electron chi connectivity index (χ3n) is 19.8. The molecule has 19 heteroatoms. The molecule has 0 saturated heterocycles. The minimum atomic E-state index is -4.96. The fraction of sp³-hybridized carbons (Fsp3) is 0.951. The van der Waals surface area contributed by atoms with Gasteiger partial charge < -0.3 is 33.8 Å². The molecule has 0 heterocycles. The van der Waals surface area contributed by atoms with Gasteiger partial charge in [-0.15, -0.1) is 0 Å². The molecular weight excluding hydrogens is 1320 g/mol. The molecule has 0 bridgehead atoms. The van der Waals surface area contributed by atoms with E-state index >= 15 is 0 Å². The minimum absolute atomic E-state index is 0.105. The lowest BCUT2D eigenvalue weighted by Gasteiger charge is -2.21. The normalized spacial score (nSPS) is 14.5. The summed E-state index contributed by atoms with van der Waals surface area (Å²) < 4.78 is 68.7. The van der Waals surface area contributed by atoms with Crippen LogP contribution < -0.4 is 0 Å². The zero-order valence-corrected chi connectivity index (χ0v) is 68.3. The molecule has 0 radical (unpaired) electrons. The highest BCUT2D eigenvalue weighted by atomic mass is 31.2. The summed E-state index contributed by atoms with van der Waals surface area (Å²) in [5.74, 6) is 1.03. The highest BCUT2D eigenvalue weighted by Gasteiger charge is 2.30. The molecule has 0 saturated carbocycles. The van der Waals surface area contributed by atoms with Gasteiger partial charge in [-0.2, -0.15) is 0 Å². The maximum atomic E-state index is 13.1. The summed E-state index contributed by atoms with van der Waals surface area (Å²) in [4.78, 5) is 73.0. The van der Waals surface area contributed by atoms with Crippen molar-refractivity contribution < 1.29 is 80.2 Å². The smallest absolute Gasteiger partial charge is 0.462 e. The van der Waals surface area contributed by atoms with E-state index in [-0.39, 0.29) is 25.7 Å². The molecule has 101 heavy (non-hydrogen) atoms. The van der Waals surface area contributed by atoms with E-state index < -0.39 is 97.5 Å². The monoisotopic (exact) mass is 1480 g/mol. The molecular formula is C82H160O17P2. The fourth-order valence-electron chi connectivity index (χ4n) is 12.5. The Morgan fingerprint density at radius 3 is 0.703 bits per heavy atom. The number of hydrogen-bond donors (Lipinski definition) is 3. The largest absolute Gasteiger partial charge is 0.472 e.